The van der Waals surface area contributed by atoms with Gasteiger partial charge in [-0.1, -0.05) is 0 Å². The van der Waals surface area contributed by atoms with Crippen molar-refractivity contribution in [3.63, 3.8) is 0 Å². The molecule has 0 bridgehead atoms. The number of rotatable bonds is 6. The van der Waals surface area contributed by atoms with E-state index in [9.17, 15) is 4.79 Å². The summed E-state index contributed by atoms with van der Waals surface area (Å²) in [5.74, 6) is 1.04. The molecule has 0 radical (unpaired) electrons. The highest BCUT2D eigenvalue weighted by molar-refractivity contribution is 5.78. The third-order valence-corrected chi connectivity index (χ3v) is 4.50. The number of aryl methyl sites for hydroxylation is 3. The summed E-state index contributed by atoms with van der Waals surface area (Å²) in [5, 5.41) is 7.50. The number of hydrogen-bond acceptors (Lipinski definition) is 3. The van der Waals surface area contributed by atoms with E-state index in [0.29, 0.717) is 5.92 Å². The molecule has 118 valence electrons. The summed E-state index contributed by atoms with van der Waals surface area (Å²) < 4.78 is 2.01. The molecule has 0 unspecified atom stereocenters. The van der Waals surface area contributed by atoms with Gasteiger partial charge in [0.1, 0.15) is 0 Å². The van der Waals surface area contributed by atoms with Crippen molar-refractivity contribution in [1.82, 2.24) is 15.1 Å². The topological polar surface area (TPSA) is 72.9 Å². The molecule has 0 atom stereocenters. The maximum Gasteiger partial charge on any atom is 0.223 e. The van der Waals surface area contributed by atoms with Crippen LogP contribution in [-0.4, -0.2) is 28.8 Å². The SMILES string of the molecule is Cc1cc(C)n(CCCNC(=O)C2CCC(CN)CC2)n1. The first-order chi connectivity index (χ1) is 10.1. The smallest absolute Gasteiger partial charge is 0.223 e. The van der Waals surface area contributed by atoms with Crippen LogP contribution in [0.2, 0.25) is 0 Å². The molecule has 0 aromatic carbocycles. The Bertz CT molecular complexity index is 461. The normalized spacial score (nSPS) is 22.2. The fourth-order valence-corrected chi connectivity index (χ4v) is 3.15. The van der Waals surface area contributed by atoms with Gasteiger partial charge in [-0.15, -0.1) is 0 Å². The van der Waals surface area contributed by atoms with E-state index < -0.39 is 0 Å². The lowest BCUT2D eigenvalue weighted by molar-refractivity contribution is -0.126. The number of nitrogens with zero attached hydrogens (tertiary/aromatic N) is 2. The van der Waals surface area contributed by atoms with Crippen molar-refractivity contribution in [2.75, 3.05) is 13.1 Å². The molecule has 0 aliphatic heterocycles. The molecule has 0 spiro atoms. The number of nitrogens with two attached hydrogens (primary N) is 1. The molecule has 1 aliphatic rings. The van der Waals surface area contributed by atoms with Gasteiger partial charge in [0.2, 0.25) is 5.91 Å². The van der Waals surface area contributed by atoms with Crippen molar-refractivity contribution in [2.45, 2.75) is 52.5 Å². The molecular weight excluding hydrogens is 264 g/mol. The van der Waals surface area contributed by atoms with Gasteiger partial charge in [0.25, 0.3) is 0 Å². The lowest BCUT2D eigenvalue weighted by Gasteiger charge is -2.26. The number of aromatic nitrogens is 2. The molecule has 5 nitrogen and oxygen atoms in total. The minimum Gasteiger partial charge on any atom is -0.356 e. The van der Waals surface area contributed by atoms with Crippen molar-refractivity contribution in [3.8, 4) is 0 Å². The molecule has 5 heteroatoms. The van der Waals surface area contributed by atoms with E-state index in [4.69, 9.17) is 5.73 Å². The van der Waals surface area contributed by atoms with Gasteiger partial charge >= 0.3 is 0 Å². The molecule has 1 amide bonds. The monoisotopic (exact) mass is 292 g/mol. The largest absolute Gasteiger partial charge is 0.356 e. The second-order valence-electron chi connectivity index (χ2n) is 6.25. The summed E-state index contributed by atoms with van der Waals surface area (Å²) in [4.78, 5) is 12.1. The quantitative estimate of drug-likeness (QED) is 0.785. The molecule has 1 aromatic heterocycles. The van der Waals surface area contributed by atoms with E-state index in [1.54, 1.807) is 0 Å². The van der Waals surface area contributed by atoms with Crippen LogP contribution in [0, 0.1) is 25.7 Å². The molecular formula is C16H28N4O. The standard InChI is InChI=1S/C16H28N4O/c1-12-10-13(2)20(19-12)9-3-8-18-16(21)15-6-4-14(11-17)5-7-15/h10,14-15H,3-9,11,17H2,1-2H3,(H,18,21). The number of carbonyl (C=O) groups is 1. The van der Waals surface area contributed by atoms with Gasteiger partial charge in [-0.3, -0.25) is 9.48 Å². The molecule has 1 heterocycles. The maximum atomic E-state index is 12.1. The summed E-state index contributed by atoms with van der Waals surface area (Å²) in [6.45, 7) is 6.42. The Balaban J connectivity index is 1.64. The van der Waals surface area contributed by atoms with E-state index in [1.165, 1.54) is 5.69 Å². The molecule has 1 saturated carbocycles. The first-order valence-corrected chi connectivity index (χ1v) is 8.09. The Kier molecular flexibility index (Phi) is 5.79. The van der Waals surface area contributed by atoms with Crippen LogP contribution >= 0.6 is 0 Å². The van der Waals surface area contributed by atoms with Crippen LogP contribution < -0.4 is 11.1 Å². The van der Waals surface area contributed by atoms with Gasteiger partial charge in [0.15, 0.2) is 0 Å². The average Bonchev–Trinajstić information content (AvgIpc) is 2.81. The third kappa shape index (κ3) is 4.56. The van der Waals surface area contributed by atoms with Crippen molar-refractivity contribution >= 4 is 5.91 Å². The Hall–Kier alpha value is -1.36. The number of carbonyl (C=O) groups excluding carboxylic acids is 1. The molecule has 1 aromatic rings. The molecule has 2 rings (SSSR count). The molecule has 3 N–H and O–H groups in total. The van der Waals surface area contributed by atoms with Crippen LogP contribution in [0.15, 0.2) is 6.07 Å². The van der Waals surface area contributed by atoms with E-state index in [-0.39, 0.29) is 11.8 Å². The van der Waals surface area contributed by atoms with Crippen molar-refractivity contribution in [1.29, 1.82) is 0 Å². The number of hydrogen-bond donors (Lipinski definition) is 2. The fourth-order valence-electron chi connectivity index (χ4n) is 3.15. The predicted molar refractivity (Wildman–Crippen MR) is 83.8 cm³/mol. The molecule has 0 saturated heterocycles. The van der Waals surface area contributed by atoms with Crippen molar-refractivity contribution in [3.05, 3.63) is 17.5 Å². The Labute approximate surface area is 127 Å². The van der Waals surface area contributed by atoms with Crippen molar-refractivity contribution in [2.24, 2.45) is 17.6 Å². The summed E-state index contributed by atoms with van der Waals surface area (Å²) in [6, 6.07) is 2.08. The minimum atomic E-state index is 0.196. The van der Waals surface area contributed by atoms with Gasteiger partial charge in [-0.05, 0) is 64.5 Å². The Morgan fingerprint density at radius 1 is 1.38 bits per heavy atom. The zero-order valence-corrected chi connectivity index (χ0v) is 13.3. The second kappa shape index (κ2) is 7.59. The fraction of sp³-hybridized carbons (Fsp3) is 0.750. The van der Waals surface area contributed by atoms with E-state index in [1.807, 2.05) is 11.6 Å². The Morgan fingerprint density at radius 2 is 2.10 bits per heavy atom. The van der Waals surface area contributed by atoms with Crippen LogP contribution in [0.5, 0.6) is 0 Å². The van der Waals surface area contributed by atoms with Gasteiger partial charge in [0.05, 0.1) is 5.69 Å². The summed E-state index contributed by atoms with van der Waals surface area (Å²) in [5.41, 5.74) is 7.91. The minimum absolute atomic E-state index is 0.196. The highest BCUT2D eigenvalue weighted by Crippen LogP contribution is 2.28. The van der Waals surface area contributed by atoms with Gasteiger partial charge in [-0.25, -0.2) is 0 Å². The first-order valence-electron chi connectivity index (χ1n) is 8.09. The van der Waals surface area contributed by atoms with Crippen LogP contribution in [-0.2, 0) is 11.3 Å². The molecule has 21 heavy (non-hydrogen) atoms. The third-order valence-electron chi connectivity index (χ3n) is 4.50. The predicted octanol–water partition coefficient (Wildman–Crippen LogP) is 1.77. The van der Waals surface area contributed by atoms with Gasteiger partial charge in [0, 0.05) is 24.7 Å². The van der Waals surface area contributed by atoms with Crippen LogP contribution in [0.3, 0.4) is 0 Å². The zero-order valence-electron chi connectivity index (χ0n) is 13.3. The van der Waals surface area contributed by atoms with E-state index >= 15 is 0 Å². The van der Waals surface area contributed by atoms with Crippen LogP contribution in [0.25, 0.3) is 0 Å². The lowest BCUT2D eigenvalue weighted by Crippen LogP contribution is -2.35. The Morgan fingerprint density at radius 3 is 2.67 bits per heavy atom. The molecule has 1 fully saturated rings. The lowest BCUT2D eigenvalue weighted by atomic mass is 9.81. The average molecular weight is 292 g/mol. The first kappa shape index (κ1) is 16.0. The second-order valence-corrected chi connectivity index (χ2v) is 6.25. The number of amides is 1. The summed E-state index contributed by atoms with van der Waals surface area (Å²) in [7, 11) is 0. The summed E-state index contributed by atoms with van der Waals surface area (Å²) >= 11 is 0. The highest BCUT2D eigenvalue weighted by Gasteiger charge is 2.25. The van der Waals surface area contributed by atoms with Crippen molar-refractivity contribution < 1.29 is 4.79 Å². The van der Waals surface area contributed by atoms with Gasteiger partial charge < -0.3 is 11.1 Å². The van der Waals surface area contributed by atoms with E-state index in [2.05, 4.69) is 23.4 Å². The number of nitrogens with one attached hydrogen (secondary N) is 1. The highest BCUT2D eigenvalue weighted by atomic mass is 16.1. The maximum absolute atomic E-state index is 12.1. The van der Waals surface area contributed by atoms with Crippen LogP contribution in [0.1, 0.15) is 43.5 Å². The van der Waals surface area contributed by atoms with Gasteiger partial charge in [-0.2, -0.15) is 5.10 Å². The summed E-state index contributed by atoms with van der Waals surface area (Å²) in [6.07, 6.45) is 5.10. The zero-order chi connectivity index (χ0) is 15.2. The van der Waals surface area contributed by atoms with E-state index in [0.717, 1.165) is 57.4 Å². The van der Waals surface area contributed by atoms with Crippen LogP contribution in [0.4, 0.5) is 0 Å². The molecule has 1 aliphatic carbocycles.